The molecule has 1 aromatic heterocycles. The lowest BCUT2D eigenvalue weighted by atomic mass is 10.1. The number of ether oxygens (including phenoxy) is 1. The van der Waals surface area contributed by atoms with Crippen LogP contribution in [0.4, 0.5) is 0 Å². The van der Waals surface area contributed by atoms with E-state index in [9.17, 15) is 19.2 Å². The summed E-state index contributed by atoms with van der Waals surface area (Å²) in [5, 5.41) is 2.73. The largest absolute Gasteiger partial charge is 0.467 e. The summed E-state index contributed by atoms with van der Waals surface area (Å²) in [6, 6.07) is 15.2. The van der Waals surface area contributed by atoms with Gasteiger partial charge in [-0.05, 0) is 49.7 Å². The topological polar surface area (TPSA) is 106 Å². The molecule has 8 heteroatoms. The molecule has 1 unspecified atom stereocenters. The minimum absolute atomic E-state index is 0.00266. The molecule has 0 bridgehead atoms. The Morgan fingerprint density at radius 2 is 1.76 bits per heavy atom. The maximum atomic E-state index is 12.7. The van der Waals surface area contributed by atoms with Crippen molar-refractivity contribution in [3.05, 3.63) is 94.4 Å². The van der Waals surface area contributed by atoms with Gasteiger partial charge in [0.1, 0.15) is 5.76 Å². The van der Waals surface area contributed by atoms with Gasteiger partial charge in [0, 0.05) is 6.54 Å². The van der Waals surface area contributed by atoms with Crippen LogP contribution >= 0.6 is 0 Å². The van der Waals surface area contributed by atoms with Crippen LogP contribution in [0.25, 0.3) is 0 Å². The third-order valence-electron chi connectivity index (χ3n) is 5.34. The Balaban J connectivity index is 1.39. The lowest BCUT2D eigenvalue weighted by molar-refractivity contribution is -0.129. The number of carbonyl (C=O) groups excluding carboxylic acids is 4. The van der Waals surface area contributed by atoms with E-state index in [0.717, 1.165) is 16.0 Å². The van der Waals surface area contributed by atoms with E-state index in [4.69, 9.17) is 9.15 Å². The van der Waals surface area contributed by atoms with Crippen LogP contribution in [-0.4, -0.2) is 34.7 Å². The Kier molecular flexibility index (Phi) is 6.08. The Labute approximate surface area is 190 Å². The maximum absolute atomic E-state index is 12.7. The molecule has 168 valence electrons. The fourth-order valence-corrected chi connectivity index (χ4v) is 3.44. The number of imide groups is 1. The van der Waals surface area contributed by atoms with Crippen LogP contribution in [-0.2, 0) is 22.6 Å². The van der Waals surface area contributed by atoms with E-state index in [1.54, 1.807) is 12.1 Å². The summed E-state index contributed by atoms with van der Waals surface area (Å²) in [4.78, 5) is 51.3. The van der Waals surface area contributed by atoms with Crippen LogP contribution in [0.2, 0.25) is 0 Å². The van der Waals surface area contributed by atoms with Crippen LogP contribution in [0.15, 0.2) is 65.3 Å². The first-order valence-corrected chi connectivity index (χ1v) is 10.4. The molecular formula is C25H22N2O6. The Morgan fingerprint density at radius 3 is 2.45 bits per heavy atom. The second-order valence-electron chi connectivity index (χ2n) is 7.79. The lowest BCUT2D eigenvalue weighted by Crippen LogP contribution is -2.35. The van der Waals surface area contributed by atoms with Gasteiger partial charge in [-0.3, -0.25) is 19.3 Å². The highest BCUT2D eigenvalue weighted by atomic mass is 16.5. The quantitative estimate of drug-likeness (QED) is 0.441. The Bertz CT molecular complexity index is 1210. The van der Waals surface area contributed by atoms with Crippen molar-refractivity contribution in [3.63, 3.8) is 0 Å². The number of nitrogens with zero attached hydrogens (tertiary/aromatic N) is 1. The number of aryl methyl sites for hydroxylation is 1. The van der Waals surface area contributed by atoms with Gasteiger partial charge < -0.3 is 14.5 Å². The molecular weight excluding hydrogens is 424 g/mol. The lowest BCUT2D eigenvalue weighted by Gasteiger charge is -2.14. The van der Waals surface area contributed by atoms with Gasteiger partial charge in [-0.1, -0.05) is 29.8 Å². The standard InChI is InChI=1S/C25H22N2O6/c1-15-5-7-17(8-6-15)13-26-22(28)16(2)33-25(31)18-9-10-20-21(12-18)24(30)27(23(20)29)14-19-4-3-11-32-19/h3-12,16H,13-14H2,1-2H3,(H,26,28). The number of nitrogens with one attached hydrogen (secondary N) is 1. The first-order chi connectivity index (χ1) is 15.8. The molecule has 1 N–H and O–H groups in total. The molecule has 0 saturated carbocycles. The highest BCUT2D eigenvalue weighted by molar-refractivity contribution is 6.21. The number of hydrogen-bond acceptors (Lipinski definition) is 6. The molecule has 33 heavy (non-hydrogen) atoms. The van der Waals surface area contributed by atoms with Gasteiger partial charge in [-0.2, -0.15) is 0 Å². The van der Waals surface area contributed by atoms with Crippen molar-refractivity contribution in [2.24, 2.45) is 0 Å². The summed E-state index contributed by atoms with van der Waals surface area (Å²) in [6.07, 6.45) is 0.420. The van der Waals surface area contributed by atoms with Gasteiger partial charge in [0.25, 0.3) is 17.7 Å². The van der Waals surface area contributed by atoms with Gasteiger partial charge in [-0.15, -0.1) is 0 Å². The van der Waals surface area contributed by atoms with Gasteiger partial charge in [-0.25, -0.2) is 4.79 Å². The predicted octanol–water partition coefficient (Wildman–Crippen LogP) is 3.25. The monoisotopic (exact) mass is 446 g/mol. The number of hydrogen-bond donors (Lipinski definition) is 1. The highest BCUT2D eigenvalue weighted by Gasteiger charge is 2.36. The molecule has 0 aliphatic carbocycles. The summed E-state index contributed by atoms with van der Waals surface area (Å²) >= 11 is 0. The number of carbonyl (C=O) groups is 4. The summed E-state index contributed by atoms with van der Waals surface area (Å²) < 4.78 is 10.5. The first kappa shape index (κ1) is 22.0. The van der Waals surface area contributed by atoms with Crippen LogP contribution in [0.5, 0.6) is 0 Å². The number of esters is 1. The Morgan fingerprint density at radius 1 is 1.03 bits per heavy atom. The summed E-state index contributed by atoms with van der Waals surface area (Å²) in [5.41, 5.74) is 2.43. The van der Waals surface area contributed by atoms with E-state index in [2.05, 4.69) is 5.32 Å². The molecule has 1 atom stereocenters. The zero-order chi connectivity index (χ0) is 23.5. The van der Waals surface area contributed by atoms with Crippen LogP contribution in [0, 0.1) is 6.92 Å². The number of fused-ring (bicyclic) bond motifs is 1. The number of furan rings is 1. The van der Waals surface area contributed by atoms with Gasteiger partial charge in [0.15, 0.2) is 6.10 Å². The zero-order valence-electron chi connectivity index (χ0n) is 18.2. The van der Waals surface area contributed by atoms with Crippen LogP contribution < -0.4 is 5.32 Å². The fraction of sp³-hybridized carbons (Fsp3) is 0.200. The molecule has 2 heterocycles. The number of rotatable bonds is 7. The molecule has 4 rings (SSSR count). The molecule has 8 nitrogen and oxygen atoms in total. The van der Waals surface area contributed by atoms with Gasteiger partial charge in [0.2, 0.25) is 0 Å². The van der Waals surface area contributed by atoms with E-state index in [1.807, 2.05) is 31.2 Å². The van der Waals surface area contributed by atoms with Crippen molar-refractivity contribution in [2.75, 3.05) is 0 Å². The second-order valence-corrected chi connectivity index (χ2v) is 7.79. The normalized spacial score (nSPS) is 13.6. The predicted molar refractivity (Wildman–Crippen MR) is 117 cm³/mol. The summed E-state index contributed by atoms with van der Waals surface area (Å²) in [5.74, 6) is -1.73. The van der Waals surface area contributed by atoms with E-state index < -0.39 is 29.8 Å². The van der Waals surface area contributed by atoms with Crippen LogP contribution in [0.1, 0.15) is 54.9 Å². The van der Waals surface area contributed by atoms with Gasteiger partial charge in [0.05, 0.1) is 29.5 Å². The number of amides is 3. The van der Waals surface area contributed by atoms with Crippen LogP contribution in [0.3, 0.4) is 0 Å². The molecule has 2 aromatic carbocycles. The summed E-state index contributed by atoms with van der Waals surface area (Å²) in [7, 11) is 0. The molecule has 0 saturated heterocycles. The minimum atomic E-state index is -1.04. The third-order valence-corrected chi connectivity index (χ3v) is 5.34. The zero-order valence-corrected chi connectivity index (χ0v) is 18.2. The van der Waals surface area contributed by atoms with Crippen molar-refractivity contribution in [2.45, 2.75) is 33.0 Å². The fourth-order valence-electron chi connectivity index (χ4n) is 3.44. The van der Waals surface area contributed by atoms with E-state index >= 15 is 0 Å². The molecule has 1 aliphatic rings. The molecule has 0 radical (unpaired) electrons. The van der Waals surface area contributed by atoms with Crippen molar-refractivity contribution < 1.29 is 28.3 Å². The molecule has 3 amide bonds. The minimum Gasteiger partial charge on any atom is -0.467 e. The second kappa shape index (κ2) is 9.12. The van der Waals surface area contributed by atoms with E-state index in [1.165, 1.54) is 31.4 Å². The number of benzene rings is 2. The molecule has 3 aromatic rings. The molecule has 1 aliphatic heterocycles. The van der Waals surface area contributed by atoms with Gasteiger partial charge >= 0.3 is 5.97 Å². The van der Waals surface area contributed by atoms with Crippen molar-refractivity contribution in [1.29, 1.82) is 0 Å². The van der Waals surface area contributed by atoms with Crippen molar-refractivity contribution in [1.82, 2.24) is 10.2 Å². The Hall–Kier alpha value is -4.20. The van der Waals surface area contributed by atoms with Crippen molar-refractivity contribution >= 4 is 23.7 Å². The average Bonchev–Trinajstić information content (AvgIpc) is 3.41. The van der Waals surface area contributed by atoms with E-state index in [-0.39, 0.29) is 23.2 Å². The third kappa shape index (κ3) is 4.69. The molecule has 0 spiro atoms. The summed E-state index contributed by atoms with van der Waals surface area (Å²) in [6.45, 7) is 3.75. The smallest absolute Gasteiger partial charge is 0.338 e. The molecule has 0 fully saturated rings. The van der Waals surface area contributed by atoms with Crippen molar-refractivity contribution in [3.8, 4) is 0 Å². The average molecular weight is 446 g/mol. The SMILES string of the molecule is Cc1ccc(CNC(=O)C(C)OC(=O)c2ccc3c(c2)C(=O)N(Cc2ccco2)C3=O)cc1. The van der Waals surface area contributed by atoms with E-state index in [0.29, 0.717) is 12.3 Å². The highest BCUT2D eigenvalue weighted by Crippen LogP contribution is 2.26. The first-order valence-electron chi connectivity index (χ1n) is 10.4. The maximum Gasteiger partial charge on any atom is 0.338 e.